The Balaban J connectivity index is 0.000000177. The van der Waals surface area contributed by atoms with Crippen molar-refractivity contribution in [2.24, 2.45) is 0 Å². The second-order valence-electron chi connectivity index (χ2n) is 37.0. The van der Waals surface area contributed by atoms with Crippen molar-refractivity contribution in [3.8, 4) is 23.0 Å². The van der Waals surface area contributed by atoms with Crippen molar-refractivity contribution >= 4 is 5.97 Å². The van der Waals surface area contributed by atoms with E-state index in [1.165, 1.54) is 83.5 Å². The molecule has 0 aliphatic rings. The van der Waals surface area contributed by atoms with Crippen LogP contribution in [0, 0.1) is 13.8 Å². The van der Waals surface area contributed by atoms with E-state index in [1.54, 1.807) is 6.07 Å². The first-order valence-corrected chi connectivity index (χ1v) is 42.0. The average molecular weight is 1550 g/mol. The zero-order valence-electron chi connectivity index (χ0n) is 72.9. The third-order valence-electron chi connectivity index (χ3n) is 21.7. The molecule has 0 aliphatic carbocycles. The highest BCUT2D eigenvalue weighted by molar-refractivity contribution is 5.93. The molecule has 0 radical (unpaired) electrons. The minimum atomic E-state index is -0.457. The first kappa shape index (κ1) is 89.2. The van der Waals surface area contributed by atoms with E-state index in [-0.39, 0.29) is 38.4 Å². The molecule has 0 saturated heterocycles. The summed E-state index contributed by atoms with van der Waals surface area (Å²) in [4.78, 5) is 12.5. The summed E-state index contributed by atoms with van der Waals surface area (Å²) in [7, 11) is 0. The molecule has 0 fully saturated rings. The number of aryl methyl sites for hydroxylation is 10. The fourth-order valence-corrected chi connectivity index (χ4v) is 14.7. The van der Waals surface area contributed by atoms with E-state index in [1.807, 2.05) is 46.8 Å². The van der Waals surface area contributed by atoms with Gasteiger partial charge >= 0.3 is 5.97 Å². The molecular formula is C110H130O6. The molecule has 116 heavy (non-hydrogen) atoms. The molecule has 0 amide bonds. The molecule has 0 spiro atoms. The van der Waals surface area contributed by atoms with E-state index in [9.17, 15) is 25.2 Å². The second kappa shape index (κ2) is 40.7. The lowest BCUT2D eigenvalue weighted by Gasteiger charge is -2.27. The zero-order chi connectivity index (χ0) is 84.0. The molecule has 0 aliphatic heterocycles. The van der Waals surface area contributed by atoms with Crippen molar-refractivity contribution in [2.45, 2.75) is 235 Å². The van der Waals surface area contributed by atoms with Crippen LogP contribution >= 0.6 is 0 Å². The van der Waals surface area contributed by atoms with Gasteiger partial charge in [-0.3, -0.25) is 0 Å². The van der Waals surface area contributed by atoms with Crippen molar-refractivity contribution < 1.29 is 30.0 Å². The number of carbonyl (C=O) groups is 1. The van der Waals surface area contributed by atoms with Gasteiger partial charge in [-0.05, 0) is 247 Å². The molecule has 6 nitrogen and oxygen atoms in total. The molecule has 606 valence electrons. The monoisotopic (exact) mass is 1550 g/mol. The summed E-state index contributed by atoms with van der Waals surface area (Å²) >= 11 is 0. The SMILES string of the molecule is CC(C)(C)c1cc(CCc2ccc(Cc3ccccc3)cc2)c(O)c(C(C)(C)C)c1.CCCOC(=O)c1cc(CCc2ccc(Cc3ccccc3)cc2)cc(C(C)(C)C)c1O.Cc1cc(CCc2ccc(Cc3ccccc3)cc2)c(O)c(C(C)(C)C)c1.Cc1cc(CCc2ccc(Cc3ccccc3)cc2)cc(C(C)(C)C)c1O. The van der Waals surface area contributed by atoms with E-state index in [4.69, 9.17) is 4.74 Å². The van der Waals surface area contributed by atoms with Crippen molar-refractivity contribution in [2.75, 3.05) is 6.61 Å². The summed E-state index contributed by atoms with van der Waals surface area (Å²) in [5.41, 5.74) is 27.5. The molecule has 0 saturated carbocycles. The van der Waals surface area contributed by atoms with Gasteiger partial charge in [-0.25, -0.2) is 4.79 Å². The fraction of sp³-hybridized carbons (Fsp3) is 0.336. The van der Waals surface area contributed by atoms with Gasteiger partial charge in [0, 0.05) is 5.56 Å². The van der Waals surface area contributed by atoms with Gasteiger partial charge < -0.3 is 25.2 Å². The number of rotatable bonds is 23. The van der Waals surface area contributed by atoms with E-state index < -0.39 is 5.97 Å². The zero-order valence-corrected chi connectivity index (χ0v) is 72.9. The van der Waals surface area contributed by atoms with Gasteiger partial charge in [-0.2, -0.15) is 0 Å². The number of aromatic hydroxyl groups is 4. The summed E-state index contributed by atoms with van der Waals surface area (Å²) in [6.45, 7) is 38.6. The van der Waals surface area contributed by atoms with Crippen LogP contribution in [0.1, 0.15) is 256 Å². The first-order chi connectivity index (χ1) is 55.0. The number of phenolic OH excluding ortho intramolecular Hbond substituents is 4. The Bertz CT molecular complexity index is 5050. The Morgan fingerprint density at radius 3 is 0.879 bits per heavy atom. The molecule has 0 atom stereocenters. The van der Waals surface area contributed by atoms with Gasteiger partial charge in [0.2, 0.25) is 0 Å². The van der Waals surface area contributed by atoms with Gasteiger partial charge in [-0.1, -0.05) is 377 Å². The number of esters is 1. The number of carbonyl (C=O) groups excluding carboxylic acids is 1. The van der Waals surface area contributed by atoms with Crippen molar-refractivity contribution in [3.05, 3.63) is 400 Å². The van der Waals surface area contributed by atoms with Crippen molar-refractivity contribution in [1.29, 1.82) is 0 Å². The maximum atomic E-state index is 12.5. The van der Waals surface area contributed by atoms with E-state index in [2.05, 4.69) is 339 Å². The largest absolute Gasteiger partial charge is 0.507 e. The van der Waals surface area contributed by atoms with Crippen LogP contribution in [0.15, 0.2) is 267 Å². The smallest absolute Gasteiger partial charge is 0.341 e. The molecule has 6 heteroatoms. The maximum absolute atomic E-state index is 12.5. The van der Waals surface area contributed by atoms with Crippen LogP contribution in [0.2, 0.25) is 0 Å². The molecule has 12 aromatic carbocycles. The van der Waals surface area contributed by atoms with Crippen molar-refractivity contribution in [3.63, 3.8) is 0 Å². The van der Waals surface area contributed by atoms with E-state index in [0.717, 1.165) is 128 Å². The third kappa shape index (κ3) is 27.2. The molecule has 0 bridgehead atoms. The third-order valence-corrected chi connectivity index (χ3v) is 21.7. The minimum absolute atomic E-state index is 0.0348. The van der Waals surface area contributed by atoms with Crippen LogP contribution in [0.3, 0.4) is 0 Å². The molecule has 0 heterocycles. The number of hydrogen-bond acceptors (Lipinski definition) is 6. The number of phenols is 4. The highest BCUT2D eigenvalue weighted by Crippen LogP contribution is 2.41. The second-order valence-corrected chi connectivity index (χ2v) is 37.0. The standard InChI is InChI=1S/C29H34O3.C29H36O.2C26H30O/c1-5-17-32-28(31)25-19-24(20-26(27(25)30)29(2,3)4)16-13-21-11-14-23(15-12-21)18-22-9-7-6-8-10-22;1-28(2,3)25-19-24(27(30)26(20-25)29(4,5)6)17-16-21-12-14-23(15-13-21)18-22-10-8-7-9-11-22;1-19-16-23(18-24(25(19)27)26(2,3)4)15-12-20-10-13-22(14-11-20)17-21-8-6-5-7-9-21;1-19-16-23(25(27)24(17-19)26(2,3)4)15-14-20-10-12-22(13-11-20)18-21-8-6-5-7-9-21/h6-12,14-15,19-20,30H,5,13,16-18H2,1-4H3;7-15,19-20,30H,16-18H2,1-6H3;5-11,13-14,16,18,27H,12,15,17H2,1-4H3;5-13,16-17,27H,14-15,18H2,1-4H3. The van der Waals surface area contributed by atoms with Gasteiger partial charge in [0.05, 0.1) is 6.61 Å². The Hall–Kier alpha value is -10.7. The van der Waals surface area contributed by atoms with Crippen molar-refractivity contribution in [1.82, 2.24) is 0 Å². The fourth-order valence-electron chi connectivity index (χ4n) is 14.7. The van der Waals surface area contributed by atoms with Gasteiger partial charge in [0.25, 0.3) is 0 Å². The minimum Gasteiger partial charge on any atom is -0.507 e. The molecular weight excluding hydrogens is 1420 g/mol. The number of ether oxygens (including phenoxy) is 1. The topological polar surface area (TPSA) is 107 Å². The lowest BCUT2D eigenvalue weighted by atomic mass is 9.78. The number of hydrogen-bond donors (Lipinski definition) is 4. The molecule has 0 aromatic heterocycles. The van der Waals surface area contributed by atoms with Crippen LogP contribution in [0.4, 0.5) is 0 Å². The van der Waals surface area contributed by atoms with E-state index >= 15 is 0 Å². The summed E-state index contributed by atoms with van der Waals surface area (Å²) in [6, 6.07) is 94.4. The highest BCUT2D eigenvalue weighted by Gasteiger charge is 2.28. The molecule has 12 rings (SSSR count). The maximum Gasteiger partial charge on any atom is 0.341 e. The highest BCUT2D eigenvalue weighted by atomic mass is 16.5. The summed E-state index contributed by atoms with van der Waals surface area (Å²) in [5, 5.41) is 42.9. The molecule has 12 aromatic rings. The Morgan fingerprint density at radius 2 is 0.552 bits per heavy atom. The average Bonchev–Trinajstić information content (AvgIpc) is 0.836. The Kier molecular flexibility index (Phi) is 31.3. The molecule has 0 unspecified atom stereocenters. The van der Waals surface area contributed by atoms with Crippen LogP contribution < -0.4 is 0 Å². The lowest BCUT2D eigenvalue weighted by molar-refractivity contribution is 0.0501. The van der Waals surface area contributed by atoms with Gasteiger partial charge in [-0.15, -0.1) is 0 Å². The quantitative estimate of drug-likeness (QED) is 0.0476. The summed E-state index contributed by atoms with van der Waals surface area (Å²) in [5.74, 6) is 0.955. The predicted molar refractivity (Wildman–Crippen MR) is 488 cm³/mol. The summed E-state index contributed by atoms with van der Waals surface area (Å²) in [6.07, 6.45) is 11.8. The van der Waals surface area contributed by atoms with Crippen LogP contribution in [-0.4, -0.2) is 33.0 Å². The van der Waals surface area contributed by atoms with Crippen LogP contribution in [0.5, 0.6) is 23.0 Å². The molecule has 4 N–H and O–H groups in total. The predicted octanol–water partition coefficient (Wildman–Crippen LogP) is 26.7. The lowest BCUT2D eigenvalue weighted by Crippen LogP contribution is -2.17. The van der Waals surface area contributed by atoms with Crippen LogP contribution in [-0.2, 0) is 109 Å². The first-order valence-electron chi connectivity index (χ1n) is 42.0. The van der Waals surface area contributed by atoms with Gasteiger partial charge in [0.1, 0.15) is 28.6 Å². The van der Waals surface area contributed by atoms with Crippen LogP contribution in [0.25, 0.3) is 0 Å². The van der Waals surface area contributed by atoms with Gasteiger partial charge in [0.15, 0.2) is 0 Å². The van der Waals surface area contributed by atoms with E-state index in [0.29, 0.717) is 23.9 Å². The Labute approximate surface area is 696 Å². The normalized spacial score (nSPS) is 11.7. The number of benzene rings is 12. The Morgan fingerprint density at radius 1 is 0.276 bits per heavy atom. The summed E-state index contributed by atoms with van der Waals surface area (Å²) < 4.78 is 5.31.